The summed E-state index contributed by atoms with van der Waals surface area (Å²) in [5.41, 5.74) is 3.53. The highest BCUT2D eigenvalue weighted by molar-refractivity contribution is 5.75. The van der Waals surface area contributed by atoms with Crippen LogP contribution in [0.5, 0.6) is 5.75 Å². The predicted octanol–water partition coefficient (Wildman–Crippen LogP) is 1.42. The lowest BCUT2D eigenvalue weighted by Gasteiger charge is -2.15. The second-order valence-electron chi connectivity index (χ2n) is 3.18. The van der Waals surface area contributed by atoms with Gasteiger partial charge >= 0.3 is 12.3 Å². The molecule has 0 aliphatic heterocycles. The van der Waals surface area contributed by atoms with Gasteiger partial charge in [0.25, 0.3) is 0 Å². The third kappa shape index (κ3) is 3.00. The number of aliphatic hydroxyl groups is 1. The van der Waals surface area contributed by atoms with E-state index in [0.717, 1.165) is 12.1 Å². The van der Waals surface area contributed by atoms with Gasteiger partial charge in [0.2, 0.25) is 0 Å². The third-order valence-electron chi connectivity index (χ3n) is 1.90. The predicted molar refractivity (Wildman–Crippen MR) is 50.1 cm³/mol. The zero-order valence-electron chi connectivity index (χ0n) is 8.53. The van der Waals surface area contributed by atoms with Gasteiger partial charge in [-0.3, -0.25) is 0 Å². The average molecular weight is 269 g/mol. The van der Waals surface area contributed by atoms with Crippen molar-refractivity contribution >= 4 is 11.7 Å². The van der Waals surface area contributed by atoms with Crippen molar-refractivity contribution in [2.24, 2.45) is 0 Å². The van der Waals surface area contributed by atoms with Crippen molar-refractivity contribution in [1.29, 1.82) is 0 Å². The molecule has 0 aliphatic rings. The van der Waals surface area contributed by atoms with E-state index in [1.54, 1.807) is 0 Å². The normalized spacial score (nSPS) is 13.2. The molecule has 1 atom stereocenters. The van der Waals surface area contributed by atoms with E-state index in [1.165, 1.54) is 0 Å². The minimum Gasteiger partial charge on any atom is -0.479 e. The molecule has 0 aliphatic carbocycles. The summed E-state index contributed by atoms with van der Waals surface area (Å²) >= 11 is 0. The van der Waals surface area contributed by atoms with E-state index in [0.29, 0.717) is 0 Å². The molecule has 1 unspecified atom stereocenters. The number of aliphatic carboxylic acids is 1. The maximum absolute atomic E-state index is 13.5. The van der Waals surface area contributed by atoms with Crippen LogP contribution in [0, 0.1) is 5.82 Å². The Bertz CT molecular complexity index is 474. The fourth-order valence-electron chi connectivity index (χ4n) is 1.15. The van der Waals surface area contributed by atoms with Gasteiger partial charge in [-0.1, -0.05) is 6.07 Å². The molecular weight excluding hydrogens is 262 g/mol. The molecule has 100 valence electrons. The van der Waals surface area contributed by atoms with E-state index < -0.39 is 41.3 Å². The number of rotatable bonds is 3. The van der Waals surface area contributed by atoms with Crippen LogP contribution in [-0.2, 0) is 4.79 Å². The number of carboxylic acid groups (broad SMARTS) is 1. The fourth-order valence-corrected chi connectivity index (χ4v) is 1.15. The Morgan fingerprint density at radius 2 is 1.94 bits per heavy atom. The minimum atomic E-state index is -5.19. The molecule has 0 saturated carbocycles. The Kier molecular flexibility index (Phi) is 3.65. The number of benzene rings is 1. The van der Waals surface area contributed by atoms with Crippen LogP contribution in [0.4, 0.5) is 23.2 Å². The number of carboxylic acids is 1. The highest BCUT2D eigenvalue weighted by atomic mass is 19.4. The molecule has 0 bridgehead atoms. The molecule has 9 heteroatoms. The zero-order valence-corrected chi connectivity index (χ0v) is 8.53. The lowest BCUT2D eigenvalue weighted by Crippen LogP contribution is -2.20. The van der Waals surface area contributed by atoms with Gasteiger partial charge in [0.05, 0.1) is 5.69 Å². The first kappa shape index (κ1) is 14.0. The van der Waals surface area contributed by atoms with Crippen LogP contribution in [0.25, 0.3) is 0 Å². The summed E-state index contributed by atoms with van der Waals surface area (Å²) < 4.78 is 52.8. The number of carbonyl (C=O) groups is 1. The molecule has 0 fully saturated rings. The standard InChI is InChI=1S/C9H7F4NO4/c10-5-3(6(15)8(16)17)1-2-4(14)7(5)18-9(11,12)13/h1-2,6,15H,14H2,(H,16,17). The fraction of sp³-hybridized carbons (Fsp3) is 0.222. The van der Waals surface area contributed by atoms with Gasteiger partial charge in [-0.05, 0) is 6.07 Å². The van der Waals surface area contributed by atoms with E-state index in [2.05, 4.69) is 4.74 Å². The highest BCUT2D eigenvalue weighted by Crippen LogP contribution is 2.34. The number of anilines is 1. The molecule has 0 amide bonds. The number of halogens is 4. The van der Waals surface area contributed by atoms with Crippen molar-refractivity contribution in [2.45, 2.75) is 12.5 Å². The summed E-state index contributed by atoms with van der Waals surface area (Å²) in [5, 5.41) is 17.5. The molecule has 0 radical (unpaired) electrons. The Balaban J connectivity index is 3.27. The van der Waals surface area contributed by atoms with E-state index in [4.69, 9.17) is 15.9 Å². The third-order valence-corrected chi connectivity index (χ3v) is 1.90. The van der Waals surface area contributed by atoms with Crippen LogP contribution in [0.3, 0.4) is 0 Å². The van der Waals surface area contributed by atoms with Crippen molar-refractivity contribution in [3.63, 3.8) is 0 Å². The Morgan fingerprint density at radius 1 is 1.39 bits per heavy atom. The monoisotopic (exact) mass is 269 g/mol. The first-order valence-corrected chi connectivity index (χ1v) is 4.38. The summed E-state index contributed by atoms with van der Waals surface area (Å²) in [6.07, 6.45) is -7.51. The molecule has 0 heterocycles. The average Bonchev–Trinajstić information content (AvgIpc) is 2.22. The van der Waals surface area contributed by atoms with Gasteiger partial charge in [-0.25, -0.2) is 9.18 Å². The molecule has 1 aromatic rings. The van der Waals surface area contributed by atoms with Gasteiger partial charge in [-0.2, -0.15) is 0 Å². The minimum absolute atomic E-state index is 0.675. The molecule has 1 rings (SSSR count). The number of aliphatic hydroxyl groups excluding tert-OH is 1. The maximum atomic E-state index is 13.5. The SMILES string of the molecule is Nc1ccc(C(O)C(=O)O)c(F)c1OC(F)(F)F. The van der Waals surface area contributed by atoms with E-state index in [-0.39, 0.29) is 0 Å². The van der Waals surface area contributed by atoms with Crippen LogP contribution in [0.1, 0.15) is 11.7 Å². The second kappa shape index (κ2) is 4.69. The van der Waals surface area contributed by atoms with Gasteiger partial charge in [0.15, 0.2) is 17.7 Å². The Morgan fingerprint density at radius 3 is 2.39 bits per heavy atom. The van der Waals surface area contributed by atoms with Crippen LogP contribution in [0.15, 0.2) is 12.1 Å². The summed E-state index contributed by atoms with van der Waals surface area (Å²) in [6, 6.07) is 1.55. The molecule has 4 N–H and O–H groups in total. The van der Waals surface area contributed by atoms with Crippen molar-refractivity contribution in [3.8, 4) is 5.75 Å². The number of alkyl halides is 3. The van der Waals surface area contributed by atoms with Gasteiger partial charge in [0, 0.05) is 5.56 Å². The first-order chi connectivity index (χ1) is 8.13. The van der Waals surface area contributed by atoms with Gasteiger partial charge in [0.1, 0.15) is 0 Å². The molecule has 1 aromatic carbocycles. The van der Waals surface area contributed by atoms with Crippen molar-refractivity contribution in [3.05, 3.63) is 23.5 Å². The van der Waals surface area contributed by atoms with Gasteiger partial charge in [-0.15, -0.1) is 13.2 Å². The molecule has 0 spiro atoms. The topological polar surface area (TPSA) is 92.8 Å². The van der Waals surface area contributed by atoms with Crippen LogP contribution in [0.2, 0.25) is 0 Å². The van der Waals surface area contributed by atoms with E-state index >= 15 is 0 Å². The summed E-state index contributed by atoms with van der Waals surface area (Å²) in [6.45, 7) is 0. The lowest BCUT2D eigenvalue weighted by molar-refractivity contribution is -0.275. The quantitative estimate of drug-likeness (QED) is 0.570. The van der Waals surface area contributed by atoms with Crippen molar-refractivity contribution in [2.75, 3.05) is 5.73 Å². The lowest BCUT2D eigenvalue weighted by atomic mass is 10.1. The molecule has 5 nitrogen and oxygen atoms in total. The first-order valence-electron chi connectivity index (χ1n) is 4.38. The molecule has 18 heavy (non-hydrogen) atoms. The summed E-state index contributed by atoms with van der Waals surface area (Å²) in [7, 11) is 0. The van der Waals surface area contributed by atoms with Crippen LogP contribution in [-0.4, -0.2) is 22.5 Å². The number of ether oxygens (including phenoxy) is 1. The second-order valence-corrected chi connectivity index (χ2v) is 3.18. The summed E-state index contributed by atoms with van der Waals surface area (Å²) in [5.74, 6) is -4.88. The van der Waals surface area contributed by atoms with Crippen LogP contribution >= 0.6 is 0 Å². The van der Waals surface area contributed by atoms with Crippen molar-refractivity contribution < 1.29 is 37.3 Å². The number of hydrogen-bond donors (Lipinski definition) is 3. The number of nitrogens with two attached hydrogens (primary N) is 1. The Labute approximate surface area is 97.4 Å². The largest absolute Gasteiger partial charge is 0.573 e. The molecule has 0 saturated heterocycles. The number of nitrogen functional groups attached to an aromatic ring is 1. The molecular formula is C9H7F4NO4. The zero-order chi connectivity index (χ0) is 14.1. The van der Waals surface area contributed by atoms with Gasteiger partial charge < -0.3 is 20.7 Å². The molecule has 0 aromatic heterocycles. The van der Waals surface area contributed by atoms with E-state index in [1.807, 2.05) is 0 Å². The summed E-state index contributed by atoms with van der Waals surface area (Å²) in [4.78, 5) is 10.4. The van der Waals surface area contributed by atoms with Crippen LogP contribution < -0.4 is 10.5 Å². The number of hydrogen-bond acceptors (Lipinski definition) is 4. The highest BCUT2D eigenvalue weighted by Gasteiger charge is 2.35. The smallest absolute Gasteiger partial charge is 0.479 e. The van der Waals surface area contributed by atoms with Crippen molar-refractivity contribution in [1.82, 2.24) is 0 Å². The maximum Gasteiger partial charge on any atom is 0.573 e. The Hall–Kier alpha value is -2.03. The van der Waals surface area contributed by atoms with E-state index in [9.17, 15) is 22.4 Å².